The van der Waals surface area contributed by atoms with Crippen molar-refractivity contribution in [2.24, 2.45) is 0 Å². The molecule has 0 aromatic heterocycles. The average molecular weight is 2170 g/mol. The minimum atomic E-state index is -3.30. The van der Waals surface area contributed by atoms with E-state index in [4.69, 9.17) is 75.8 Å². The molecule has 5 amide bonds. The molecule has 150 heavy (non-hydrogen) atoms. The molecule has 8 fully saturated rings. The number of allylic oxidation sites excluding steroid dienone is 1. The van der Waals surface area contributed by atoms with Crippen LogP contribution in [0.5, 0.6) is 0 Å². The van der Waals surface area contributed by atoms with E-state index >= 15 is 0 Å². The summed E-state index contributed by atoms with van der Waals surface area (Å²) in [6.07, 6.45) is -40.4. The molecule has 8 heterocycles. The van der Waals surface area contributed by atoms with Crippen LogP contribution in [0.4, 0.5) is 0 Å². The molecule has 0 radical (unpaired) electrons. The summed E-state index contributed by atoms with van der Waals surface area (Å²) < 4.78 is 96.1. The van der Waals surface area contributed by atoms with Crippen LogP contribution < -0.4 is 26.6 Å². The summed E-state index contributed by atoms with van der Waals surface area (Å²) in [4.78, 5) is 78.6. The highest BCUT2D eigenvalue weighted by atomic mass is 16.8. The first kappa shape index (κ1) is 130. The number of carbonyl (C=O) groups excluding carboxylic acids is 5. The van der Waals surface area contributed by atoms with E-state index in [1.165, 1.54) is 122 Å². The van der Waals surface area contributed by atoms with Crippen molar-refractivity contribution in [2.75, 3.05) is 59.5 Å². The highest BCUT2D eigenvalue weighted by molar-refractivity contribution is 5.77. The van der Waals surface area contributed by atoms with Gasteiger partial charge in [-0.15, -0.1) is 0 Å². The summed E-state index contributed by atoms with van der Waals surface area (Å²) >= 11 is 0. The second-order valence-electron chi connectivity index (χ2n) is 40.6. The molecule has 51 heteroatoms. The van der Waals surface area contributed by atoms with Gasteiger partial charge in [0.1, 0.15) is 189 Å². The van der Waals surface area contributed by atoms with Crippen molar-refractivity contribution >= 4 is 35.5 Å². The summed E-state index contributed by atoms with van der Waals surface area (Å²) in [6.45, 7) is -1.31. The Bertz CT molecular complexity index is 3850. The third-order valence-electron chi connectivity index (χ3n) is 28.7. The first-order valence-electron chi connectivity index (χ1n) is 53.6. The summed E-state index contributed by atoms with van der Waals surface area (Å²) in [7, 11) is 0. The van der Waals surface area contributed by atoms with Crippen LogP contribution in [0, 0.1) is 0 Å². The zero-order valence-electron chi connectivity index (χ0n) is 86.8. The number of aliphatic hydroxyl groups is 23. The first-order valence-corrected chi connectivity index (χ1v) is 53.6. The van der Waals surface area contributed by atoms with Crippen LogP contribution in [0.15, 0.2) is 12.2 Å². The van der Waals surface area contributed by atoms with Gasteiger partial charge in [-0.25, -0.2) is 4.79 Å². The van der Waals surface area contributed by atoms with Gasteiger partial charge in [0.2, 0.25) is 29.5 Å². The number of rotatable bonds is 67. The zero-order chi connectivity index (χ0) is 110. The third-order valence-corrected chi connectivity index (χ3v) is 28.7. The second-order valence-corrected chi connectivity index (χ2v) is 40.6. The van der Waals surface area contributed by atoms with Crippen molar-refractivity contribution in [2.45, 2.75) is 517 Å². The fourth-order valence-corrected chi connectivity index (χ4v) is 20.2. The minimum Gasteiger partial charge on any atom is -0.477 e. The molecule has 43 atom stereocenters. The molecule has 0 spiro atoms. The van der Waals surface area contributed by atoms with Crippen molar-refractivity contribution in [1.82, 2.24) is 26.6 Å². The maximum absolute atomic E-state index is 13.7. The predicted molar refractivity (Wildman–Crippen MR) is 518 cm³/mol. The molecule has 8 aliphatic heterocycles. The Labute approximate surface area is 873 Å². The number of carbonyl (C=O) groups is 6. The van der Waals surface area contributed by atoms with Gasteiger partial charge in [0, 0.05) is 40.5 Å². The van der Waals surface area contributed by atoms with Gasteiger partial charge in [-0.3, -0.25) is 24.0 Å². The monoisotopic (exact) mass is 2170 g/mol. The van der Waals surface area contributed by atoms with E-state index in [9.17, 15) is 151 Å². The number of ether oxygens (including phenoxy) is 16. The van der Waals surface area contributed by atoms with E-state index in [0.717, 1.165) is 91.9 Å². The summed E-state index contributed by atoms with van der Waals surface area (Å²) in [6, 6.07) is -8.66. The Morgan fingerprint density at radius 2 is 0.693 bits per heavy atom. The highest BCUT2D eigenvalue weighted by Gasteiger charge is 2.63. The summed E-state index contributed by atoms with van der Waals surface area (Å²) in [5, 5.41) is 286. The van der Waals surface area contributed by atoms with Gasteiger partial charge < -0.3 is 225 Å². The smallest absolute Gasteiger partial charge is 0.364 e. The van der Waals surface area contributed by atoms with Gasteiger partial charge in [-0.2, -0.15) is 0 Å². The molecule has 0 aromatic carbocycles. The van der Waals surface area contributed by atoms with Crippen LogP contribution in [-0.4, -0.2) is 481 Å². The van der Waals surface area contributed by atoms with Gasteiger partial charge in [0.05, 0.1) is 83.8 Å². The van der Waals surface area contributed by atoms with Crippen molar-refractivity contribution in [3.05, 3.63) is 12.2 Å². The van der Waals surface area contributed by atoms with Crippen molar-refractivity contribution in [3.8, 4) is 0 Å². The first-order chi connectivity index (χ1) is 71.7. The molecule has 8 saturated heterocycles. The maximum Gasteiger partial charge on any atom is 0.364 e. The number of hydrogen-bond acceptors (Lipinski definition) is 45. The van der Waals surface area contributed by atoms with E-state index in [2.05, 4.69) is 40.4 Å². The fraction of sp³-hybridized carbons (Fsp3) is 0.919. The van der Waals surface area contributed by atoms with Gasteiger partial charge >= 0.3 is 5.97 Å². The predicted octanol–water partition coefficient (Wildman–Crippen LogP) is -5.72. The van der Waals surface area contributed by atoms with E-state index in [0.29, 0.717) is 12.8 Å². The Morgan fingerprint density at radius 1 is 0.353 bits per heavy atom. The molecule has 0 aliphatic carbocycles. The standard InChI is InChI=1S/C99H175N5O46/c1-7-9-11-13-15-17-19-21-22-23-24-25-26-28-30-32-34-36-38-40-66(119)104-55(56(116)39-37-35-33-31-29-27-20-18-16-14-12-10-8-2)49-135-94-80(129)79(128)86(64(48-111)142-94)146-95-81(130)88(73(122)60(44-107)138-95)147-92-69(102-53(5)114)77(126)84(62(46-109)140-92)144-96-82(131)89(75(124)65(143-96)50-136-91-68(101-52(4)113)76(125)72(121)59(43-106)137-91)148-93-70(103-54(6)115)78(127)85(63(47-110)141-93)145-97-83(132)90(74(123)61(45-108)139-97)150-99(98(133)134)41-57(117)67(100-51(3)112)87(149-99)71(120)58(118)42-105/h37,39,55-65,67-97,105-111,116-118,120-132H,7-36,38,40-50H2,1-6H3,(H,100,112)(H,101,113)(H,102,114)(H,103,115)(H,104,119)(H,133,134)/b39-37+/t55-,56+,57?,58+,59?,60?,61?,62?,63?,64?,65?,67+,68?,69?,70?,71+,72+,73-,74-,75-,76+,77+,78+,79+,80?,81?,82?,83?,84+,85+,86+,87?,88-,89-,90-,91+,92-,93-,94+,95-,96-,97-,99-/m0/s1. The van der Waals surface area contributed by atoms with Gasteiger partial charge in [0.25, 0.3) is 5.79 Å². The van der Waals surface area contributed by atoms with Gasteiger partial charge in [-0.1, -0.05) is 206 Å². The molecule has 0 bridgehead atoms. The minimum absolute atomic E-state index is 0.132. The topological polar surface area (TPSA) is 796 Å². The highest BCUT2D eigenvalue weighted by Crippen LogP contribution is 2.43. The molecular weight excluding hydrogens is 2000 g/mol. The van der Waals surface area contributed by atoms with E-state index in [1.807, 2.05) is 6.08 Å². The Balaban J connectivity index is 0.976. The van der Waals surface area contributed by atoms with Crippen molar-refractivity contribution in [3.63, 3.8) is 0 Å². The van der Waals surface area contributed by atoms with Crippen LogP contribution in [0.3, 0.4) is 0 Å². The number of hydrogen-bond donors (Lipinski definition) is 29. The number of nitrogens with one attached hydrogen (secondary N) is 5. The lowest BCUT2D eigenvalue weighted by atomic mass is 9.88. The second kappa shape index (κ2) is 66.8. The average Bonchev–Trinajstić information content (AvgIpc) is 0.749. The van der Waals surface area contributed by atoms with Crippen LogP contribution >= 0.6 is 0 Å². The van der Waals surface area contributed by atoms with Crippen LogP contribution in [0.25, 0.3) is 0 Å². The lowest BCUT2D eigenvalue weighted by molar-refractivity contribution is -0.393. The molecule has 51 nitrogen and oxygen atoms in total. The molecule has 8 aliphatic rings. The van der Waals surface area contributed by atoms with Crippen molar-refractivity contribution < 1.29 is 227 Å². The van der Waals surface area contributed by atoms with Crippen LogP contribution in [-0.2, 0) is 105 Å². The van der Waals surface area contributed by atoms with E-state index in [1.54, 1.807) is 6.08 Å². The van der Waals surface area contributed by atoms with E-state index < -0.39 is 359 Å². The normalized spacial score (nSPS) is 37.3. The number of carboxylic acid groups (broad SMARTS) is 1. The number of amides is 5. The third kappa shape index (κ3) is 37.9. The quantitative estimate of drug-likeness (QED) is 0.0199. The van der Waals surface area contributed by atoms with E-state index in [-0.39, 0.29) is 12.3 Å². The molecule has 0 aromatic rings. The number of aliphatic hydroxyl groups excluding tert-OH is 23. The van der Waals surface area contributed by atoms with Crippen molar-refractivity contribution in [1.29, 1.82) is 0 Å². The Morgan fingerprint density at radius 3 is 1.10 bits per heavy atom. The number of carboxylic acids is 1. The maximum atomic E-state index is 13.7. The Hall–Kier alpha value is -5.00. The fourth-order valence-electron chi connectivity index (χ4n) is 20.2. The molecule has 8 rings (SSSR count). The lowest BCUT2D eigenvalue weighted by Crippen LogP contribution is -2.71. The van der Waals surface area contributed by atoms with Gasteiger partial charge in [-0.05, 0) is 19.3 Å². The van der Waals surface area contributed by atoms with Crippen LogP contribution in [0.2, 0.25) is 0 Å². The zero-order valence-corrected chi connectivity index (χ0v) is 86.8. The molecule has 16 unspecified atom stereocenters. The summed E-state index contributed by atoms with van der Waals surface area (Å²) in [5.74, 6) is -9.52. The molecule has 872 valence electrons. The Kier molecular flexibility index (Phi) is 57.9. The summed E-state index contributed by atoms with van der Waals surface area (Å²) in [5.41, 5.74) is 0. The SMILES string of the molecule is CCCCCCCCCCCCC/C=C/[C@@H](O)[C@H](CO[C@@H]1OC(CO)[C@@H](O[C@@H]2OC(CO)[C@H](O)[C@H](O[C@@H]3OC(CO)[C@@H](O[C@@H]4OC(CO[C@@H]5OC(CO)[C@@H](O)[C@H](O)C5NC(C)=O)[C@H](O)[C@H](O[C@@H]5OC(CO)[C@@H](O[C@@H]6OC(CO)[C@H](O)[C@H](O[C@]7(C(=O)O)CC(O)[C@@H](NC(C)=O)C([C@H](O)[C@H](O)CO)O7)C6O)[C@H](O)C5NC(C)=O)C4O)[C@H](O)C3NC(C)=O)C2O)[C@H](O)C1O)NC(=O)CCCCCCCCCCCCCCCCCCCCC. The molecular formula is C99H175N5O46. The van der Waals surface area contributed by atoms with Crippen LogP contribution in [0.1, 0.15) is 253 Å². The molecule has 0 saturated carbocycles. The molecule has 29 N–H and O–H groups in total. The largest absolute Gasteiger partial charge is 0.477 e. The lowest BCUT2D eigenvalue weighted by Gasteiger charge is -2.51. The number of unbranched alkanes of at least 4 members (excludes halogenated alkanes) is 29. The number of aliphatic carboxylic acids is 1. The van der Waals surface area contributed by atoms with Gasteiger partial charge in [0.15, 0.2) is 44.0 Å².